The van der Waals surface area contributed by atoms with Crippen LogP contribution >= 0.6 is 24.4 Å². The molecule has 0 atom stereocenters. The van der Waals surface area contributed by atoms with Crippen molar-refractivity contribution in [3.8, 4) is 33.6 Å². The predicted molar refractivity (Wildman–Crippen MR) is 215 cm³/mol. The van der Waals surface area contributed by atoms with E-state index >= 15 is 0 Å². The summed E-state index contributed by atoms with van der Waals surface area (Å²) in [5.74, 6) is 0. The maximum atomic E-state index is 5.83. The standard InChI is InChI=1S/C35H31N3S2.2C2H6.CH5N/c1-7-23-25(9-3)29(32-14-11-13-31(37-32)22(5)39)19-17-27(23)28-18-20-30(26(10-4)24(28)8-2)33-15-12-16-34(38-33)35(21-36)40-6;3*1-2/h7-21,39H,1-5,36H2,6H3;2*1-2H3;2H2,1H3/b35-21-;;;. The van der Waals surface area contributed by atoms with Crippen LogP contribution in [0.4, 0.5) is 0 Å². The monoisotopic (exact) mass is 648 g/mol. The Morgan fingerprint density at radius 2 is 0.978 bits per heavy atom. The zero-order valence-electron chi connectivity index (χ0n) is 28.1. The zero-order valence-corrected chi connectivity index (χ0v) is 29.8. The van der Waals surface area contributed by atoms with Gasteiger partial charge in [-0.05, 0) is 70.9 Å². The minimum atomic E-state index is 0.610. The molecule has 2 heterocycles. The molecule has 0 aliphatic rings. The van der Waals surface area contributed by atoms with Crippen molar-refractivity contribution < 1.29 is 0 Å². The molecule has 6 heteroatoms. The van der Waals surface area contributed by atoms with Crippen molar-refractivity contribution in [1.82, 2.24) is 9.97 Å². The highest BCUT2D eigenvalue weighted by molar-refractivity contribution is 8.07. The maximum absolute atomic E-state index is 5.83. The molecule has 4 aromatic rings. The van der Waals surface area contributed by atoms with Crippen molar-refractivity contribution in [3.63, 3.8) is 0 Å². The van der Waals surface area contributed by atoms with Crippen LogP contribution in [0.2, 0.25) is 0 Å². The van der Waals surface area contributed by atoms with E-state index in [0.29, 0.717) is 4.91 Å². The Hall–Kier alpha value is -4.36. The van der Waals surface area contributed by atoms with Crippen molar-refractivity contribution >= 4 is 58.5 Å². The highest BCUT2D eigenvalue weighted by atomic mass is 32.2. The van der Waals surface area contributed by atoms with Gasteiger partial charge >= 0.3 is 0 Å². The van der Waals surface area contributed by atoms with Crippen LogP contribution in [0.5, 0.6) is 0 Å². The molecule has 0 unspecified atom stereocenters. The Labute approximate surface area is 286 Å². The summed E-state index contributed by atoms with van der Waals surface area (Å²) < 4.78 is 0. The van der Waals surface area contributed by atoms with Gasteiger partial charge < -0.3 is 11.5 Å². The van der Waals surface area contributed by atoms with Crippen LogP contribution in [-0.2, 0) is 0 Å². The molecule has 240 valence electrons. The first-order chi connectivity index (χ1) is 22.4. The molecule has 2 aromatic heterocycles. The fourth-order valence-electron chi connectivity index (χ4n) is 4.79. The number of hydrogen-bond donors (Lipinski definition) is 3. The second-order valence-electron chi connectivity index (χ2n) is 8.79. The van der Waals surface area contributed by atoms with E-state index in [1.54, 1.807) is 18.0 Å². The Bertz CT molecular complexity index is 1700. The molecule has 0 aliphatic carbocycles. The van der Waals surface area contributed by atoms with Crippen LogP contribution in [0.3, 0.4) is 0 Å². The zero-order chi connectivity index (χ0) is 34.8. The summed E-state index contributed by atoms with van der Waals surface area (Å²) >= 11 is 5.94. The molecule has 0 fully saturated rings. The topological polar surface area (TPSA) is 77.8 Å². The first-order valence-corrected chi connectivity index (χ1v) is 16.8. The molecule has 46 heavy (non-hydrogen) atoms. The Morgan fingerprint density at radius 1 is 0.630 bits per heavy atom. The lowest BCUT2D eigenvalue weighted by Crippen LogP contribution is -1.99. The van der Waals surface area contributed by atoms with Gasteiger partial charge in [0.1, 0.15) is 0 Å². The molecule has 0 saturated heterocycles. The molecule has 2 aromatic carbocycles. The van der Waals surface area contributed by atoms with Crippen LogP contribution in [0.25, 0.3) is 67.8 Å². The number of nitrogens with two attached hydrogens (primary N) is 2. The van der Waals surface area contributed by atoms with Crippen LogP contribution in [-0.4, -0.2) is 23.3 Å². The van der Waals surface area contributed by atoms with Gasteiger partial charge in [0, 0.05) is 27.1 Å². The third kappa shape index (κ3) is 8.88. The average Bonchev–Trinajstić information content (AvgIpc) is 3.13. The van der Waals surface area contributed by atoms with Crippen LogP contribution in [0.15, 0.2) is 99.8 Å². The summed E-state index contributed by atoms with van der Waals surface area (Å²) in [6, 6.07) is 20.1. The molecular formula is C40H48N4S2. The summed E-state index contributed by atoms with van der Waals surface area (Å²) in [4.78, 5) is 11.2. The Kier molecular flexibility index (Phi) is 17.8. The third-order valence-electron chi connectivity index (χ3n) is 6.65. The second-order valence-corrected chi connectivity index (χ2v) is 10.2. The number of benzene rings is 2. The number of hydrogen-bond acceptors (Lipinski definition) is 6. The van der Waals surface area contributed by atoms with Gasteiger partial charge in [0.25, 0.3) is 0 Å². The van der Waals surface area contributed by atoms with E-state index in [9.17, 15) is 0 Å². The largest absolute Gasteiger partial charge is 0.404 e. The number of thioether (sulfide) groups is 1. The lowest BCUT2D eigenvalue weighted by molar-refractivity contribution is 1.28. The molecule has 0 amide bonds. The molecule has 4 nitrogen and oxygen atoms in total. The third-order valence-corrected chi connectivity index (χ3v) is 7.66. The molecule has 4 rings (SSSR count). The van der Waals surface area contributed by atoms with Gasteiger partial charge in [0.15, 0.2) is 0 Å². The summed E-state index contributed by atoms with van der Waals surface area (Å²) in [5.41, 5.74) is 21.2. The minimum Gasteiger partial charge on any atom is -0.404 e. The van der Waals surface area contributed by atoms with E-state index in [2.05, 4.69) is 75.5 Å². The number of aromatic nitrogens is 2. The first-order valence-electron chi connectivity index (χ1n) is 15.1. The molecule has 0 aliphatic heterocycles. The van der Waals surface area contributed by atoms with Crippen molar-refractivity contribution in [2.24, 2.45) is 11.5 Å². The summed E-state index contributed by atoms with van der Waals surface area (Å²) in [5, 5.41) is 0. The number of nitrogens with zero attached hydrogens (tertiary/aromatic N) is 2. The Morgan fingerprint density at radius 3 is 1.33 bits per heavy atom. The molecule has 0 radical (unpaired) electrons. The van der Waals surface area contributed by atoms with Crippen molar-refractivity contribution in [3.05, 3.63) is 133 Å². The lowest BCUT2D eigenvalue weighted by atomic mass is 9.85. The maximum Gasteiger partial charge on any atom is 0.0787 e. The van der Waals surface area contributed by atoms with Crippen LogP contribution < -0.4 is 11.5 Å². The first kappa shape index (κ1) is 39.7. The summed E-state index contributed by atoms with van der Waals surface area (Å²) in [6.45, 7) is 28.5. The molecule has 0 spiro atoms. The SMILES string of the molecule is C=Cc1c(-c2cccc(C(=C)S)n2)ccc(-c2ccc(-c3cccc(/C(=C/N)SC)n3)c(C=C)c2C=C)c1C=C.CC.CC.CN. The second kappa shape index (κ2) is 20.6. The number of rotatable bonds is 10. The Balaban J connectivity index is 0.00000166. The molecule has 4 N–H and O–H groups in total. The normalized spacial score (nSPS) is 10.0. The molecular weight excluding hydrogens is 601 g/mol. The minimum absolute atomic E-state index is 0.610. The lowest BCUT2D eigenvalue weighted by Gasteiger charge is -2.19. The summed E-state index contributed by atoms with van der Waals surface area (Å²) in [6.07, 6.45) is 11.0. The van der Waals surface area contributed by atoms with Crippen LogP contribution in [0.1, 0.15) is 61.3 Å². The van der Waals surface area contributed by atoms with Crippen LogP contribution in [0, 0.1) is 0 Å². The fourth-order valence-corrected chi connectivity index (χ4v) is 5.38. The van der Waals surface area contributed by atoms with Gasteiger partial charge in [-0.15, -0.1) is 24.4 Å². The van der Waals surface area contributed by atoms with E-state index in [-0.39, 0.29) is 0 Å². The molecule has 0 saturated carbocycles. The van der Waals surface area contributed by atoms with Gasteiger partial charge in [-0.25, -0.2) is 9.97 Å². The van der Waals surface area contributed by atoms with Gasteiger partial charge in [-0.1, -0.05) is 121 Å². The van der Waals surface area contributed by atoms with Gasteiger partial charge in [0.05, 0.1) is 22.8 Å². The van der Waals surface area contributed by atoms with Gasteiger partial charge in [-0.3, -0.25) is 0 Å². The smallest absolute Gasteiger partial charge is 0.0787 e. The fraction of sp³-hybridized carbons (Fsp3) is 0.150. The van der Waals surface area contributed by atoms with Crippen molar-refractivity contribution in [2.45, 2.75) is 27.7 Å². The number of thiol groups is 1. The number of pyridine rings is 2. The van der Waals surface area contributed by atoms with E-state index in [1.807, 2.05) is 94.7 Å². The van der Waals surface area contributed by atoms with Gasteiger partial charge in [0.2, 0.25) is 0 Å². The quantitative estimate of drug-likeness (QED) is 0.149. The highest BCUT2D eigenvalue weighted by Gasteiger charge is 2.18. The summed E-state index contributed by atoms with van der Waals surface area (Å²) in [7, 11) is 1.50. The van der Waals surface area contributed by atoms with E-state index in [0.717, 1.165) is 72.2 Å². The van der Waals surface area contributed by atoms with E-state index in [4.69, 9.17) is 15.7 Å². The van der Waals surface area contributed by atoms with E-state index < -0.39 is 0 Å². The highest BCUT2D eigenvalue weighted by Crippen LogP contribution is 2.40. The van der Waals surface area contributed by atoms with Crippen molar-refractivity contribution in [2.75, 3.05) is 13.3 Å². The average molecular weight is 649 g/mol. The molecule has 0 bridgehead atoms. The predicted octanol–water partition coefficient (Wildman–Crippen LogP) is 11.2. The van der Waals surface area contributed by atoms with Gasteiger partial charge in [-0.2, -0.15) is 0 Å². The van der Waals surface area contributed by atoms with Crippen molar-refractivity contribution in [1.29, 1.82) is 0 Å². The van der Waals surface area contributed by atoms with E-state index in [1.165, 1.54) is 7.05 Å².